The Morgan fingerprint density at radius 2 is 2.17 bits per heavy atom. The summed E-state index contributed by atoms with van der Waals surface area (Å²) in [7, 11) is 1.75. The molecule has 2 nitrogen and oxygen atoms in total. The first-order chi connectivity index (χ1) is 8.72. The SMILES string of the molecule is CCC1CCCC(Nc2ccc(C)cc2OC)C1. The Morgan fingerprint density at radius 3 is 2.89 bits per heavy atom. The van der Waals surface area contributed by atoms with E-state index in [9.17, 15) is 0 Å². The molecule has 0 saturated heterocycles. The van der Waals surface area contributed by atoms with E-state index in [0.717, 1.165) is 17.4 Å². The average molecular weight is 247 g/mol. The van der Waals surface area contributed by atoms with Gasteiger partial charge in [0.2, 0.25) is 0 Å². The number of benzene rings is 1. The van der Waals surface area contributed by atoms with Crippen molar-refractivity contribution in [3.8, 4) is 5.75 Å². The van der Waals surface area contributed by atoms with Crippen molar-refractivity contribution in [2.45, 2.75) is 52.0 Å². The summed E-state index contributed by atoms with van der Waals surface area (Å²) in [5.74, 6) is 1.86. The lowest BCUT2D eigenvalue weighted by atomic mass is 9.84. The van der Waals surface area contributed by atoms with E-state index in [1.165, 1.54) is 37.7 Å². The average Bonchev–Trinajstić information content (AvgIpc) is 2.41. The Balaban J connectivity index is 2.04. The topological polar surface area (TPSA) is 21.3 Å². The fraction of sp³-hybridized carbons (Fsp3) is 0.625. The van der Waals surface area contributed by atoms with Crippen LogP contribution in [-0.4, -0.2) is 13.2 Å². The van der Waals surface area contributed by atoms with Crippen LogP contribution in [0.1, 0.15) is 44.6 Å². The third-order valence-corrected chi connectivity index (χ3v) is 4.08. The Morgan fingerprint density at radius 1 is 1.33 bits per heavy atom. The van der Waals surface area contributed by atoms with E-state index in [1.807, 2.05) is 0 Å². The van der Waals surface area contributed by atoms with Crippen LogP contribution in [0.15, 0.2) is 18.2 Å². The molecule has 0 bridgehead atoms. The summed E-state index contributed by atoms with van der Waals surface area (Å²) in [5.41, 5.74) is 2.39. The van der Waals surface area contributed by atoms with Crippen molar-refractivity contribution < 1.29 is 4.74 Å². The summed E-state index contributed by atoms with van der Waals surface area (Å²) < 4.78 is 5.46. The summed E-state index contributed by atoms with van der Waals surface area (Å²) in [5, 5.41) is 3.67. The Kier molecular flexibility index (Phi) is 4.51. The molecule has 1 aliphatic carbocycles. The zero-order chi connectivity index (χ0) is 13.0. The minimum atomic E-state index is 0.611. The molecule has 1 aromatic carbocycles. The van der Waals surface area contributed by atoms with Crippen LogP contribution in [0.4, 0.5) is 5.69 Å². The van der Waals surface area contributed by atoms with Crippen LogP contribution >= 0.6 is 0 Å². The maximum Gasteiger partial charge on any atom is 0.142 e. The second-order valence-electron chi connectivity index (χ2n) is 5.49. The number of hydrogen-bond donors (Lipinski definition) is 1. The molecule has 100 valence electrons. The predicted octanol–water partition coefficient (Wildman–Crippen LogP) is 4.38. The highest BCUT2D eigenvalue weighted by atomic mass is 16.5. The number of nitrogens with one attached hydrogen (secondary N) is 1. The fourth-order valence-electron chi connectivity index (χ4n) is 2.93. The fourth-order valence-corrected chi connectivity index (χ4v) is 2.93. The van der Waals surface area contributed by atoms with Crippen molar-refractivity contribution in [2.75, 3.05) is 12.4 Å². The maximum atomic E-state index is 5.46. The van der Waals surface area contributed by atoms with Crippen LogP contribution in [0.3, 0.4) is 0 Å². The Bertz CT molecular complexity index is 389. The lowest BCUT2D eigenvalue weighted by Crippen LogP contribution is -2.27. The zero-order valence-electron chi connectivity index (χ0n) is 11.8. The maximum absolute atomic E-state index is 5.46. The lowest BCUT2D eigenvalue weighted by Gasteiger charge is -2.30. The van der Waals surface area contributed by atoms with Gasteiger partial charge in [0.25, 0.3) is 0 Å². The van der Waals surface area contributed by atoms with Gasteiger partial charge in [0.1, 0.15) is 5.75 Å². The molecule has 0 spiro atoms. The van der Waals surface area contributed by atoms with E-state index in [1.54, 1.807) is 7.11 Å². The molecule has 1 fully saturated rings. The summed E-state index contributed by atoms with van der Waals surface area (Å²) >= 11 is 0. The van der Waals surface area contributed by atoms with Gasteiger partial charge >= 0.3 is 0 Å². The summed E-state index contributed by atoms with van der Waals surface area (Å²) in [4.78, 5) is 0. The zero-order valence-corrected chi connectivity index (χ0v) is 11.8. The molecule has 2 heteroatoms. The smallest absolute Gasteiger partial charge is 0.142 e. The molecule has 0 amide bonds. The highest BCUT2D eigenvalue weighted by Gasteiger charge is 2.21. The van der Waals surface area contributed by atoms with Crippen LogP contribution in [0.2, 0.25) is 0 Å². The van der Waals surface area contributed by atoms with Crippen molar-refractivity contribution >= 4 is 5.69 Å². The normalized spacial score (nSPS) is 23.7. The molecular weight excluding hydrogens is 222 g/mol. The van der Waals surface area contributed by atoms with E-state index >= 15 is 0 Å². The number of hydrogen-bond acceptors (Lipinski definition) is 2. The van der Waals surface area contributed by atoms with E-state index < -0.39 is 0 Å². The van der Waals surface area contributed by atoms with Crippen LogP contribution in [-0.2, 0) is 0 Å². The van der Waals surface area contributed by atoms with Crippen molar-refractivity contribution in [1.29, 1.82) is 0 Å². The van der Waals surface area contributed by atoms with E-state index in [4.69, 9.17) is 4.74 Å². The molecule has 1 aromatic rings. The first-order valence-electron chi connectivity index (χ1n) is 7.14. The van der Waals surface area contributed by atoms with Crippen LogP contribution in [0, 0.1) is 12.8 Å². The molecule has 1 N–H and O–H groups in total. The highest BCUT2D eigenvalue weighted by Crippen LogP contribution is 2.32. The van der Waals surface area contributed by atoms with Crippen LogP contribution in [0.25, 0.3) is 0 Å². The van der Waals surface area contributed by atoms with Gasteiger partial charge in [-0.05, 0) is 43.4 Å². The predicted molar refractivity (Wildman–Crippen MR) is 77.4 cm³/mol. The quantitative estimate of drug-likeness (QED) is 0.852. The molecule has 2 rings (SSSR count). The van der Waals surface area contributed by atoms with Crippen LogP contribution < -0.4 is 10.1 Å². The van der Waals surface area contributed by atoms with Gasteiger partial charge in [-0.15, -0.1) is 0 Å². The number of aryl methyl sites for hydroxylation is 1. The number of rotatable bonds is 4. The first kappa shape index (κ1) is 13.3. The van der Waals surface area contributed by atoms with E-state index in [0.29, 0.717) is 6.04 Å². The van der Waals surface area contributed by atoms with Crippen molar-refractivity contribution in [1.82, 2.24) is 0 Å². The molecular formula is C16H25NO. The van der Waals surface area contributed by atoms with Gasteiger partial charge in [-0.1, -0.05) is 32.3 Å². The molecule has 2 unspecified atom stereocenters. The van der Waals surface area contributed by atoms with Gasteiger partial charge in [0.05, 0.1) is 12.8 Å². The number of methoxy groups -OCH3 is 1. The second kappa shape index (κ2) is 6.12. The molecule has 0 radical (unpaired) electrons. The van der Waals surface area contributed by atoms with Crippen LogP contribution in [0.5, 0.6) is 5.75 Å². The Labute approximate surface area is 111 Å². The number of ether oxygens (including phenoxy) is 1. The van der Waals surface area contributed by atoms with Crippen molar-refractivity contribution in [3.05, 3.63) is 23.8 Å². The Hall–Kier alpha value is -1.18. The van der Waals surface area contributed by atoms with E-state index in [2.05, 4.69) is 37.4 Å². The van der Waals surface area contributed by atoms with Crippen molar-refractivity contribution in [3.63, 3.8) is 0 Å². The molecule has 0 aliphatic heterocycles. The van der Waals surface area contributed by atoms with Gasteiger partial charge < -0.3 is 10.1 Å². The molecule has 18 heavy (non-hydrogen) atoms. The molecule has 0 heterocycles. The van der Waals surface area contributed by atoms with Gasteiger partial charge in [0, 0.05) is 6.04 Å². The molecule has 0 aromatic heterocycles. The van der Waals surface area contributed by atoms with Gasteiger partial charge in [-0.3, -0.25) is 0 Å². The summed E-state index contributed by atoms with van der Waals surface area (Å²) in [6, 6.07) is 7.00. The monoisotopic (exact) mass is 247 g/mol. The molecule has 2 atom stereocenters. The minimum Gasteiger partial charge on any atom is -0.495 e. The highest BCUT2D eigenvalue weighted by molar-refractivity contribution is 5.58. The molecule has 1 aliphatic rings. The standard InChI is InChI=1S/C16H25NO/c1-4-13-6-5-7-14(11-13)17-15-9-8-12(2)10-16(15)18-3/h8-10,13-14,17H,4-7,11H2,1-3H3. The first-order valence-corrected chi connectivity index (χ1v) is 7.14. The van der Waals surface area contributed by atoms with Gasteiger partial charge in [-0.25, -0.2) is 0 Å². The van der Waals surface area contributed by atoms with Crippen molar-refractivity contribution in [2.24, 2.45) is 5.92 Å². The lowest BCUT2D eigenvalue weighted by molar-refractivity contribution is 0.326. The number of anilines is 1. The largest absolute Gasteiger partial charge is 0.495 e. The third kappa shape index (κ3) is 3.18. The summed E-state index contributed by atoms with van der Waals surface area (Å²) in [6.07, 6.45) is 6.65. The van der Waals surface area contributed by atoms with Gasteiger partial charge in [-0.2, -0.15) is 0 Å². The third-order valence-electron chi connectivity index (χ3n) is 4.08. The second-order valence-corrected chi connectivity index (χ2v) is 5.49. The summed E-state index contributed by atoms with van der Waals surface area (Å²) in [6.45, 7) is 4.40. The van der Waals surface area contributed by atoms with Gasteiger partial charge in [0.15, 0.2) is 0 Å². The minimum absolute atomic E-state index is 0.611. The van der Waals surface area contributed by atoms with E-state index in [-0.39, 0.29) is 0 Å². The molecule has 1 saturated carbocycles.